The van der Waals surface area contributed by atoms with Crippen LogP contribution < -0.4 is 15.2 Å². The summed E-state index contributed by atoms with van der Waals surface area (Å²) in [5, 5.41) is 3.71. The van der Waals surface area contributed by atoms with E-state index < -0.39 is 10.0 Å². The average molecular weight is 297 g/mol. The normalized spacial score (nSPS) is 11.5. The van der Waals surface area contributed by atoms with Crippen molar-refractivity contribution in [3.05, 3.63) is 35.7 Å². The molecule has 0 atom stereocenters. The van der Waals surface area contributed by atoms with Crippen molar-refractivity contribution in [1.29, 1.82) is 0 Å². The van der Waals surface area contributed by atoms with E-state index in [2.05, 4.69) is 9.88 Å². The Morgan fingerprint density at radius 3 is 2.75 bits per heavy atom. The van der Waals surface area contributed by atoms with Crippen LogP contribution in [-0.2, 0) is 16.6 Å². The van der Waals surface area contributed by atoms with Gasteiger partial charge in [0.25, 0.3) is 0 Å². The average Bonchev–Trinajstić information content (AvgIpc) is 2.83. The number of rotatable bonds is 5. The van der Waals surface area contributed by atoms with Crippen LogP contribution in [0.25, 0.3) is 0 Å². The zero-order valence-corrected chi connectivity index (χ0v) is 11.9. The van der Waals surface area contributed by atoms with Crippen LogP contribution in [0, 0.1) is 6.92 Å². The predicted octanol–water partition coefficient (Wildman–Crippen LogP) is 1.05. The van der Waals surface area contributed by atoms with Crippen LogP contribution in [0.15, 0.2) is 33.7 Å². The molecule has 3 N–H and O–H groups in total. The molecule has 2 aromatic rings. The van der Waals surface area contributed by atoms with Crippen molar-refractivity contribution in [1.82, 2.24) is 9.88 Å². The number of sulfonamides is 1. The number of aromatic nitrogens is 1. The molecule has 0 saturated carbocycles. The molecule has 1 heterocycles. The zero-order valence-electron chi connectivity index (χ0n) is 11.1. The van der Waals surface area contributed by atoms with Gasteiger partial charge in [-0.2, -0.15) is 0 Å². The van der Waals surface area contributed by atoms with Gasteiger partial charge in [0.05, 0.1) is 29.9 Å². The molecule has 1 aromatic heterocycles. The summed E-state index contributed by atoms with van der Waals surface area (Å²) in [4.78, 5) is 0.0729. The van der Waals surface area contributed by atoms with E-state index in [1.165, 1.54) is 25.3 Å². The molecule has 0 amide bonds. The zero-order chi connectivity index (χ0) is 14.8. The SMILES string of the molecule is COc1cc(S(=O)(=O)NCc2cc(C)on2)ccc1N. The lowest BCUT2D eigenvalue weighted by atomic mass is 10.3. The van der Waals surface area contributed by atoms with Gasteiger partial charge in [-0.15, -0.1) is 0 Å². The van der Waals surface area contributed by atoms with Crippen LogP contribution in [0.2, 0.25) is 0 Å². The lowest BCUT2D eigenvalue weighted by Gasteiger charge is -2.08. The Hall–Kier alpha value is -2.06. The molecule has 20 heavy (non-hydrogen) atoms. The third-order valence-corrected chi connectivity index (χ3v) is 4.03. The van der Waals surface area contributed by atoms with Crippen molar-refractivity contribution in [2.24, 2.45) is 0 Å². The quantitative estimate of drug-likeness (QED) is 0.799. The number of nitrogens with zero attached hydrogens (tertiary/aromatic N) is 1. The van der Waals surface area contributed by atoms with Gasteiger partial charge >= 0.3 is 0 Å². The Kier molecular flexibility index (Phi) is 3.96. The molecule has 0 bridgehead atoms. The predicted molar refractivity (Wildman–Crippen MR) is 72.7 cm³/mol. The minimum Gasteiger partial charge on any atom is -0.495 e. The highest BCUT2D eigenvalue weighted by molar-refractivity contribution is 7.89. The van der Waals surface area contributed by atoms with Crippen LogP contribution in [0.3, 0.4) is 0 Å². The van der Waals surface area contributed by atoms with E-state index in [4.69, 9.17) is 15.0 Å². The minimum absolute atomic E-state index is 0.0480. The Bertz CT molecular complexity index is 709. The van der Waals surface area contributed by atoms with Gasteiger partial charge in [-0.25, -0.2) is 13.1 Å². The van der Waals surface area contributed by atoms with Crippen molar-refractivity contribution in [3.8, 4) is 5.75 Å². The van der Waals surface area contributed by atoms with E-state index in [-0.39, 0.29) is 11.4 Å². The van der Waals surface area contributed by atoms with E-state index in [0.717, 1.165) is 0 Å². The van der Waals surface area contributed by atoms with Crippen LogP contribution in [0.1, 0.15) is 11.5 Å². The van der Waals surface area contributed by atoms with E-state index >= 15 is 0 Å². The van der Waals surface area contributed by atoms with Gasteiger partial charge in [0.15, 0.2) is 0 Å². The fraction of sp³-hybridized carbons (Fsp3) is 0.250. The van der Waals surface area contributed by atoms with Crippen LogP contribution in [-0.4, -0.2) is 20.7 Å². The monoisotopic (exact) mass is 297 g/mol. The molecular formula is C12H15N3O4S. The van der Waals surface area contributed by atoms with Gasteiger partial charge in [0.1, 0.15) is 11.5 Å². The van der Waals surface area contributed by atoms with E-state index in [1.54, 1.807) is 13.0 Å². The molecule has 0 spiro atoms. The summed E-state index contributed by atoms with van der Waals surface area (Å²) in [5.41, 5.74) is 6.53. The van der Waals surface area contributed by atoms with Crippen LogP contribution in [0.5, 0.6) is 5.75 Å². The van der Waals surface area contributed by atoms with E-state index in [9.17, 15) is 8.42 Å². The van der Waals surface area contributed by atoms with Crippen LogP contribution >= 0.6 is 0 Å². The topological polar surface area (TPSA) is 107 Å². The summed E-state index contributed by atoms with van der Waals surface area (Å²) in [5.74, 6) is 0.929. The lowest BCUT2D eigenvalue weighted by molar-refractivity contribution is 0.390. The number of aryl methyl sites for hydroxylation is 1. The van der Waals surface area contributed by atoms with Gasteiger partial charge in [-0.3, -0.25) is 0 Å². The molecular weight excluding hydrogens is 282 g/mol. The number of methoxy groups -OCH3 is 1. The number of benzene rings is 1. The first-order valence-electron chi connectivity index (χ1n) is 5.78. The maximum absolute atomic E-state index is 12.1. The van der Waals surface area contributed by atoms with Crippen molar-refractivity contribution >= 4 is 15.7 Å². The molecule has 0 unspecified atom stereocenters. The summed E-state index contributed by atoms with van der Waals surface area (Å²) in [6, 6.07) is 5.92. The molecule has 108 valence electrons. The van der Waals surface area contributed by atoms with E-state index in [1.807, 2.05) is 0 Å². The van der Waals surface area contributed by atoms with Gasteiger partial charge in [0.2, 0.25) is 10.0 Å². The maximum Gasteiger partial charge on any atom is 0.241 e. The third kappa shape index (κ3) is 3.09. The molecule has 0 aliphatic rings. The molecule has 8 heteroatoms. The maximum atomic E-state index is 12.1. The second kappa shape index (κ2) is 5.51. The first kappa shape index (κ1) is 14.4. The Labute approximate surface area is 116 Å². The highest BCUT2D eigenvalue weighted by atomic mass is 32.2. The summed E-state index contributed by atoms with van der Waals surface area (Å²) in [6.45, 7) is 1.78. The Morgan fingerprint density at radius 1 is 1.40 bits per heavy atom. The second-order valence-electron chi connectivity index (χ2n) is 4.16. The minimum atomic E-state index is -3.67. The molecule has 0 aliphatic carbocycles. The third-order valence-electron chi connectivity index (χ3n) is 2.64. The number of hydrogen-bond acceptors (Lipinski definition) is 6. The summed E-state index contributed by atoms with van der Waals surface area (Å²) >= 11 is 0. The Balaban J connectivity index is 2.17. The first-order chi connectivity index (χ1) is 9.42. The standard InChI is InChI=1S/C12H15N3O4S/c1-8-5-9(15-19-8)7-14-20(16,17)10-3-4-11(13)12(6-10)18-2/h3-6,14H,7,13H2,1-2H3. The molecule has 7 nitrogen and oxygen atoms in total. The molecule has 0 saturated heterocycles. The van der Waals surface area contributed by atoms with Gasteiger partial charge in [-0.1, -0.05) is 5.16 Å². The fourth-order valence-corrected chi connectivity index (χ4v) is 2.63. The van der Waals surface area contributed by atoms with Crippen molar-refractivity contribution in [2.75, 3.05) is 12.8 Å². The van der Waals surface area contributed by atoms with E-state index in [0.29, 0.717) is 22.9 Å². The smallest absolute Gasteiger partial charge is 0.241 e. The first-order valence-corrected chi connectivity index (χ1v) is 7.26. The molecule has 0 radical (unpaired) electrons. The molecule has 2 rings (SSSR count). The molecule has 1 aromatic carbocycles. The van der Waals surface area contributed by atoms with Crippen molar-refractivity contribution in [2.45, 2.75) is 18.4 Å². The highest BCUT2D eigenvalue weighted by Crippen LogP contribution is 2.24. The lowest BCUT2D eigenvalue weighted by Crippen LogP contribution is -2.23. The van der Waals surface area contributed by atoms with Gasteiger partial charge < -0.3 is 15.0 Å². The molecule has 0 fully saturated rings. The number of hydrogen-bond donors (Lipinski definition) is 2. The summed E-state index contributed by atoms with van der Waals surface area (Å²) in [7, 11) is -2.24. The number of nitrogens with two attached hydrogens (primary N) is 1. The Morgan fingerprint density at radius 2 is 2.15 bits per heavy atom. The van der Waals surface area contributed by atoms with Gasteiger partial charge in [0, 0.05) is 12.1 Å². The van der Waals surface area contributed by atoms with Crippen molar-refractivity contribution < 1.29 is 17.7 Å². The number of anilines is 1. The number of ether oxygens (including phenoxy) is 1. The second-order valence-corrected chi connectivity index (χ2v) is 5.92. The molecule has 0 aliphatic heterocycles. The van der Waals surface area contributed by atoms with Gasteiger partial charge in [-0.05, 0) is 19.1 Å². The van der Waals surface area contributed by atoms with Crippen molar-refractivity contribution in [3.63, 3.8) is 0 Å². The summed E-state index contributed by atoms with van der Waals surface area (Å²) in [6.07, 6.45) is 0. The van der Waals surface area contributed by atoms with Crippen LogP contribution in [0.4, 0.5) is 5.69 Å². The highest BCUT2D eigenvalue weighted by Gasteiger charge is 2.16. The number of nitrogens with one attached hydrogen (secondary N) is 1. The largest absolute Gasteiger partial charge is 0.495 e. The summed E-state index contributed by atoms with van der Waals surface area (Å²) < 4.78 is 36.5. The number of nitrogen functional groups attached to an aromatic ring is 1. The fourth-order valence-electron chi connectivity index (χ4n) is 1.61.